The molecule has 1 aromatic heterocycles. The van der Waals surface area contributed by atoms with Gasteiger partial charge in [0.15, 0.2) is 5.69 Å². The molecular weight excluding hydrogens is 485 g/mol. The zero-order valence-electron chi connectivity index (χ0n) is 15.6. The fraction of sp³-hybridized carbons (Fsp3) is 0.211. The van der Waals surface area contributed by atoms with Gasteiger partial charge in [0, 0.05) is 11.3 Å². The average Bonchev–Trinajstić information content (AvgIpc) is 3.15. The molecule has 3 rings (SSSR count). The van der Waals surface area contributed by atoms with Gasteiger partial charge in [0.25, 0.3) is 0 Å². The van der Waals surface area contributed by atoms with Crippen LogP contribution >= 0.6 is 23.2 Å². The molecule has 0 aliphatic rings. The number of halogens is 8. The third-order valence-electron chi connectivity index (χ3n) is 4.13. The van der Waals surface area contributed by atoms with Crippen LogP contribution in [0.4, 0.5) is 37.7 Å². The average molecular weight is 495 g/mol. The monoisotopic (exact) mass is 494 g/mol. The van der Waals surface area contributed by atoms with Crippen LogP contribution in [-0.4, -0.2) is 22.9 Å². The van der Waals surface area contributed by atoms with Crippen molar-refractivity contribution >= 4 is 34.6 Å². The lowest BCUT2D eigenvalue weighted by Gasteiger charge is -2.25. The molecule has 1 heterocycles. The second kappa shape index (κ2) is 8.88. The molecule has 0 unspecified atom stereocenters. The molecule has 168 valence electrons. The summed E-state index contributed by atoms with van der Waals surface area (Å²) in [5.74, 6) is -0.359. The van der Waals surface area contributed by atoms with Crippen molar-refractivity contribution in [1.82, 2.24) is 10.1 Å². The second-order valence-corrected chi connectivity index (χ2v) is 7.18. The zero-order chi connectivity index (χ0) is 23.7. The molecular formula is C19H10Cl2F6N4O. The zero-order valence-corrected chi connectivity index (χ0v) is 17.1. The van der Waals surface area contributed by atoms with Gasteiger partial charge in [-0.2, -0.15) is 31.3 Å². The summed E-state index contributed by atoms with van der Waals surface area (Å²) >= 11 is 12.0. The van der Waals surface area contributed by atoms with E-state index in [1.165, 1.54) is 12.1 Å². The van der Waals surface area contributed by atoms with Crippen molar-refractivity contribution in [1.29, 1.82) is 0 Å². The Morgan fingerprint density at radius 1 is 1.06 bits per heavy atom. The van der Waals surface area contributed by atoms with Gasteiger partial charge in [-0.25, -0.2) is 4.85 Å². The Morgan fingerprint density at radius 3 is 2.41 bits per heavy atom. The fourth-order valence-electron chi connectivity index (χ4n) is 2.77. The number of aromatic nitrogens is 2. The second-order valence-electron chi connectivity index (χ2n) is 6.40. The van der Waals surface area contributed by atoms with Gasteiger partial charge in [0.1, 0.15) is 6.54 Å². The Labute approximate surface area is 187 Å². The first-order chi connectivity index (χ1) is 14.9. The molecule has 5 nitrogen and oxygen atoms in total. The highest BCUT2D eigenvalue weighted by Gasteiger charge is 2.36. The highest BCUT2D eigenvalue weighted by atomic mass is 35.5. The van der Waals surface area contributed by atoms with Crippen LogP contribution in [0.25, 0.3) is 16.2 Å². The van der Waals surface area contributed by atoms with E-state index in [-0.39, 0.29) is 27.3 Å². The van der Waals surface area contributed by atoms with Crippen LogP contribution in [0.2, 0.25) is 10.0 Å². The Hall–Kier alpha value is -2.97. The first-order valence-electron chi connectivity index (χ1n) is 8.56. The highest BCUT2D eigenvalue weighted by Crippen LogP contribution is 2.39. The number of alkyl halides is 6. The molecule has 0 radical (unpaired) electrons. The van der Waals surface area contributed by atoms with Gasteiger partial charge in [-0.15, -0.1) is 0 Å². The van der Waals surface area contributed by atoms with Crippen molar-refractivity contribution in [2.24, 2.45) is 0 Å². The van der Waals surface area contributed by atoms with E-state index in [2.05, 4.69) is 15.0 Å². The summed E-state index contributed by atoms with van der Waals surface area (Å²) in [4.78, 5) is 7.34. The highest BCUT2D eigenvalue weighted by molar-refractivity contribution is 6.43. The Kier molecular flexibility index (Phi) is 6.57. The number of benzene rings is 2. The van der Waals surface area contributed by atoms with Crippen LogP contribution in [0, 0.1) is 6.57 Å². The summed E-state index contributed by atoms with van der Waals surface area (Å²) in [5.41, 5.74) is -2.25. The molecule has 0 aliphatic heterocycles. The van der Waals surface area contributed by atoms with E-state index in [1.54, 1.807) is 6.07 Å². The van der Waals surface area contributed by atoms with Gasteiger partial charge in [0.05, 0.1) is 28.7 Å². The molecule has 0 spiro atoms. The van der Waals surface area contributed by atoms with Gasteiger partial charge in [-0.3, -0.25) is 0 Å². The van der Waals surface area contributed by atoms with Gasteiger partial charge < -0.3 is 9.42 Å². The van der Waals surface area contributed by atoms with E-state index in [0.717, 1.165) is 12.1 Å². The lowest BCUT2D eigenvalue weighted by molar-refractivity contribution is -0.136. The Morgan fingerprint density at radius 2 is 1.78 bits per heavy atom. The van der Waals surface area contributed by atoms with Crippen molar-refractivity contribution in [3.63, 3.8) is 0 Å². The van der Waals surface area contributed by atoms with E-state index in [4.69, 9.17) is 34.3 Å². The van der Waals surface area contributed by atoms with Crippen LogP contribution in [0.3, 0.4) is 0 Å². The number of hydrogen-bond donors (Lipinski definition) is 0. The molecule has 0 atom stereocenters. The van der Waals surface area contributed by atoms with Crippen molar-refractivity contribution in [2.75, 3.05) is 11.4 Å². The maximum absolute atomic E-state index is 13.3. The topological polar surface area (TPSA) is 46.5 Å². The minimum Gasteiger partial charge on any atom is -0.353 e. The SMILES string of the molecule is [C-]#[N+]c1ccc(N(Cc2nc(-c3cccc(Cl)c3Cl)no2)CC(F)(F)F)cc1C(F)(F)F. The Bertz CT molecular complexity index is 1170. The van der Waals surface area contributed by atoms with E-state index in [0.29, 0.717) is 11.0 Å². The largest absolute Gasteiger partial charge is 0.407 e. The maximum atomic E-state index is 13.3. The van der Waals surface area contributed by atoms with E-state index in [1.807, 2.05) is 0 Å². The fourth-order valence-corrected chi connectivity index (χ4v) is 3.15. The number of hydrogen-bond acceptors (Lipinski definition) is 4. The summed E-state index contributed by atoms with van der Waals surface area (Å²) in [6.07, 6.45) is -9.68. The smallest absolute Gasteiger partial charge is 0.353 e. The molecule has 0 saturated carbocycles. The summed E-state index contributed by atoms with van der Waals surface area (Å²) in [5, 5.41) is 3.94. The molecule has 0 amide bonds. The molecule has 0 bridgehead atoms. The molecule has 3 aromatic rings. The molecule has 2 aromatic carbocycles. The van der Waals surface area contributed by atoms with Crippen molar-refractivity contribution in [2.45, 2.75) is 18.9 Å². The van der Waals surface area contributed by atoms with Crippen molar-refractivity contribution in [3.05, 3.63) is 69.3 Å². The third-order valence-corrected chi connectivity index (χ3v) is 4.95. The lowest BCUT2D eigenvalue weighted by Crippen LogP contribution is -2.34. The predicted octanol–water partition coefficient (Wildman–Crippen LogP) is 7.18. The molecule has 0 N–H and O–H groups in total. The number of nitrogens with zero attached hydrogens (tertiary/aromatic N) is 4. The number of rotatable bonds is 5. The van der Waals surface area contributed by atoms with Crippen LogP contribution in [-0.2, 0) is 12.7 Å². The summed E-state index contributed by atoms with van der Waals surface area (Å²) in [6, 6.07) is 6.83. The standard InChI is InChI=1S/C19H10Cl2F6N4O/c1-28-14-6-5-10(7-12(14)19(25,26)27)31(9-18(22,23)24)8-15-29-17(30-32-15)11-3-2-4-13(20)16(11)21/h2-7H,8-9H2. The normalized spacial score (nSPS) is 12.0. The quantitative estimate of drug-likeness (QED) is 0.278. The first-order valence-corrected chi connectivity index (χ1v) is 9.32. The molecule has 0 aliphatic carbocycles. The van der Waals surface area contributed by atoms with Crippen molar-refractivity contribution in [3.8, 4) is 11.4 Å². The van der Waals surface area contributed by atoms with Gasteiger partial charge in [0.2, 0.25) is 11.7 Å². The summed E-state index contributed by atoms with van der Waals surface area (Å²) in [7, 11) is 0. The van der Waals surface area contributed by atoms with Gasteiger partial charge in [-0.1, -0.05) is 40.5 Å². The minimum atomic E-state index is -4.93. The van der Waals surface area contributed by atoms with Crippen LogP contribution in [0.1, 0.15) is 11.5 Å². The Balaban J connectivity index is 1.98. The predicted molar refractivity (Wildman–Crippen MR) is 105 cm³/mol. The number of anilines is 1. The molecule has 32 heavy (non-hydrogen) atoms. The van der Waals surface area contributed by atoms with Crippen LogP contribution in [0.15, 0.2) is 40.9 Å². The molecule has 0 fully saturated rings. The van der Waals surface area contributed by atoms with E-state index < -0.39 is 42.4 Å². The molecule has 13 heteroatoms. The summed E-state index contributed by atoms with van der Waals surface area (Å²) < 4.78 is 84.1. The van der Waals surface area contributed by atoms with E-state index >= 15 is 0 Å². The lowest BCUT2D eigenvalue weighted by atomic mass is 10.1. The maximum Gasteiger partial charge on any atom is 0.407 e. The van der Waals surface area contributed by atoms with Crippen LogP contribution in [0.5, 0.6) is 0 Å². The summed E-state index contributed by atoms with van der Waals surface area (Å²) in [6.45, 7) is 4.61. The van der Waals surface area contributed by atoms with Gasteiger partial charge in [-0.05, 0) is 24.3 Å². The third kappa shape index (κ3) is 5.44. The van der Waals surface area contributed by atoms with Gasteiger partial charge >= 0.3 is 12.4 Å². The minimum absolute atomic E-state index is 0.0567. The van der Waals surface area contributed by atoms with Crippen molar-refractivity contribution < 1.29 is 30.9 Å². The van der Waals surface area contributed by atoms with Crippen LogP contribution < -0.4 is 4.90 Å². The van der Waals surface area contributed by atoms with E-state index in [9.17, 15) is 26.3 Å². The molecule has 0 saturated heterocycles. The first kappa shape index (κ1) is 23.7.